The highest BCUT2D eigenvalue weighted by molar-refractivity contribution is 7.89. The van der Waals surface area contributed by atoms with Crippen molar-refractivity contribution in [2.24, 2.45) is 5.73 Å². The van der Waals surface area contributed by atoms with Crippen LogP contribution < -0.4 is 11.1 Å². The van der Waals surface area contributed by atoms with Crippen LogP contribution in [-0.2, 0) is 14.8 Å². The maximum atomic E-state index is 12.1. The molecule has 1 heterocycles. The van der Waals surface area contributed by atoms with Crippen LogP contribution in [0.5, 0.6) is 0 Å². The van der Waals surface area contributed by atoms with Crippen molar-refractivity contribution in [3.05, 3.63) is 0 Å². The minimum Gasteiger partial charge on any atom is -0.358 e. The van der Waals surface area contributed by atoms with E-state index in [-0.39, 0.29) is 24.2 Å². The molecule has 17 heavy (non-hydrogen) atoms. The number of likely N-dealkylation sites (N-methyl/N-ethyl adjacent to an activating group) is 1. The average Bonchev–Trinajstić information content (AvgIpc) is 2.68. The first-order chi connectivity index (χ1) is 7.92. The number of amides is 1. The third-order valence-electron chi connectivity index (χ3n) is 2.95. The predicted molar refractivity (Wildman–Crippen MR) is 65.8 cm³/mol. The topological polar surface area (TPSA) is 92.5 Å². The summed E-state index contributed by atoms with van der Waals surface area (Å²) < 4.78 is 25.4. The van der Waals surface area contributed by atoms with E-state index in [9.17, 15) is 13.2 Å². The van der Waals surface area contributed by atoms with Crippen molar-refractivity contribution in [1.29, 1.82) is 0 Å². The number of rotatable bonds is 5. The van der Waals surface area contributed by atoms with E-state index in [0.717, 1.165) is 6.42 Å². The van der Waals surface area contributed by atoms with Gasteiger partial charge in [0.25, 0.3) is 0 Å². The third-order valence-corrected chi connectivity index (χ3v) is 4.87. The van der Waals surface area contributed by atoms with Gasteiger partial charge >= 0.3 is 0 Å². The van der Waals surface area contributed by atoms with E-state index in [4.69, 9.17) is 5.73 Å². The molecule has 0 bridgehead atoms. The first-order valence-electron chi connectivity index (χ1n) is 5.89. The molecule has 2 atom stereocenters. The van der Waals surface area contributed by atoms with Crippen LogP contribution in [0.1, 0.15) is 26.2 Å². The molecular weight excluding hydrogens is 242 g/mol. The van der Waals surface area contributed by atoms with Gasteiger partial charge in [-0.05, 0) is 12.8 Å². The molecule has 1 rings (SSSR count). The Morgan fingerprint density at radius 2 is 2.18 bits per heavy atom. The van der Waals surface area contributed by atoms with Crippen LogP contribution in [-0.4, -0.2) is 50.1 Å². The molecule has 6 nitrogen and oxygen atoms in total. The largest absolute Gasteiger partial charge is 0.358 e. The highest BCUT2D eigenvalue weighted by Gasteiger charge is 2.41. The van der Waals surface area contributed by atoms with Gasteiger partial charge in [0.1, 0.15) is 6.04 Å². The molecule has 1 amide bonds. The van der Waals surface area contributed by atoms with Crippen LogP contribution in [0.3, 0.4) is 0 Å². The molecular formula is C10H21N3O3S. The summed E-state index contributed by atoms with van der Waals surface area (Å²) in [6.07, 6.45) is 1.81. The van der Waals surface area contributed by atoms with Crippen molar-refractivity contribution >= 4 is 15.9 Å². The number of hydrogen-bond donors (Lipinski definition) is 2. The Morgan fingerprint density at radius 3 is 2.71 bits per heavy atom. The predicted octanol–water partition coefficient (Wildman–Crippen LogP) is -0.736. The molecule has 0 aromatic rings. The standard InChI is InChI=1S/C10H21N3O3S/c1-3-4-5-17(15,16)13-7-8(11)6-9(13)10(14)12-2/h8-9H,3-7,11H2,1-2H3,(H,12,14)/t8-,9-/m0/s1. The van der Waals surface area contributed by atoms with Crippen molar-refractivity contribution in [1.82, 2.24) is 9.62 Å². The number of nitrogens with one attached hydrogen (secondary N) is 1. The second-order valence-corrected chi connectivity index (χ2v) is 6.41. The molecule has 0 radical (unpaired) electrons. The van der Waals surface area contributed by atoms with E-state index in [1.807, 2.05) is 6.92 Å². The second kappa shape index (κ2) is 5.79. The molecule has 1 aliphatic heterocycles. The van der Waals surface area contributed by atoms with Gasteiger partial charge in [0.2, 0.25) is 15.9 Å². The number of unbranched alkanes of at least 4 members (excludes halogenated alkanes) is 1. The first kappa shape index (κ1) is 14.4. The molecule has 1 saturated heterocycles. The highest BCUT2D eigenvalue weighted by Crippen LogP contribution is 2.21. The summed E-state index contributed by atoms with van der Waals surface area (Å²) in [7, 11) is -1.86. The molecule has 0 saturated carbocycles. The van der Waals surface area contributed by atoms with E-state index >= 15 is 0 Å². The van der Waals surface area contributed by atoms with Gasteiger partial charge in [0.05, 0.1) is 5.75 Å². The molecule has 3 N–H and O–H groups in total. The fourth-order valence-electron chi connectivity index (χ4n) is 1.99. The summed E-state index contributed by atoms with van der Waals surface area (Å²) >= 11 is 0. The summed E-state index contributed by atoms with van der Waals surface area (Å²) in [4.78, 5) is 11.6. The summed E-state index contributed by atoms with van der Waals surface area (Å²) in [6.45, 7) is 2.17. The minimum absolute atomic E-state index is 0.0870. The normalized spacial score (nSPS) is 26.1. The van der Waals surface area contributed by atoms with Crippen LogP contribution in [0.4, 0.5) is 0 Å². The Balaban J connectivity index is 2.83. The third kappa shape index (κ3) is 3.40. The molecule has 7 heteroatoms. The zero-order chi connectivity index (χ0) is 13.1. The van der Waals surface area contributed by atoms with Crippen molar-refractivity contribution in [3.8, 4) is 0 Å². The van der Waals surface area contributed by atoms with Gasteiger partial charge in [0.15, 0.2) is 0 Å². The Labute approximate surface area is 103 Å². The maximum Gasteiger partial charge on any atom is 0.238 e. The zero-order valence-electron chi connectivity index (χ0n) is 10.3. The zero-order valence-corrected chi connectivity index (χ0v) is 11.2. The van der Waals surface area contributed by atoms with Crippen LogP contribution in [0.2, 0.25) is 0 Å². The summed E-state index contributed by atoms with van der Waals surface area (Å²) in [6, 6.07) is -0.898. The van der Waals surface area contributed by atoms with Gasteiger partial charge in [-0.2, -0.15) is 4.31 Å². The number of carbonyl (C=O) groups is 1. The fraction of sp³-hybridized carbons (Fsp3) is 0.900. The second-order valence-electron chi connectivity index (χ2n) is 4.37. The SMILES string of the molecule is CCCCS(=O)(=O)N1C[C@@H](N)C[C@H]1C(=O)NC. The number of carbonyl (C=O) groups excluding carboxylic acids is 1. The van der Waals surface area contributed by atoms with Gasteiger partial charge in [0, 0.05) is 19.6 Å². The molecule has 1 aliphatic rings. The average molecular weight is 263 g/mol. The molecule has 1 fully saturated rings. The molecule has 0 unspecified atom stereocenters. The first-order valence-corrected chi connectivity index (χ1v) is 7.50. The van der Waals surface area contributed by atoms with Crippen molar-refractivity contribution in [2.75, 3.05) is 19.3 Å². The van der Waals surface area contributed by atoms with Crippen LogP contribution in [0.15, 0.2) is 0 Å². The molecule has 0 aromatic carbocycles. The summed E-state index contributed by atoms with van der Waals surface area (Å²) in [5.41, 5.74) is 5.75. The smallest absolute Gasteiger partial charge is 0.238 e. The van der Waals surface area contributed by atoms with Crippen molar-refractivity contribution in [3.63, 3.8) is 0 Å². The fourth-order valence-corrected chi connectivity index (χ4v) is 3.87. The maximum absolute atomic E-state index is 12.1. The summed E-state index contributed by atoms with van der Waals surface area (Å²) in [5, 5.41) is 2.49. The minimum atomic E-state index is -3.37. The van der Waals surface area contributed by atoms with Gasteiger partial charge in [-0.25, -0.2) is 8.42 Å². The lowest BCUT2D eigenvalue weighted by Crippen LogP contribution is -2.45. The van der Waals surface area contributed by atoms with Gasteiger partial charge < -0.3 is 11.1 Å². The Morgan fingerprint density at radius 1 is 1.53 bits per heavy atom. The van der Waals surface area contributed by atoms with E-state index in [2.05, 4.69) is 5.32 Å². The van der Waals surface area contributed by atoms with Gasteiger partial charge in [-0.3, -0.25) is 4.79 Å². The van der Waals surface area contributed by atoms with Crippen molar-refractivity contribution < 1.29 is 13.2 Å². The van der Waals surface area contributed by atoms with Crippen molar-refractivity contribution in [2.45, 2.75) is 38.3 Å². The molecule has 0 aromatic heterocycles. The lowest BCUT2D eigenvalue weighted by molar-refractivity contribution is -0.123. The van der Waals surface area contributed by atoms with E-state index < -0.39 is 16.1 Å². The van der Waals surface area contributed by atoms with Gasteiger partial charge in [-0.1, -0.05) is 13.3 Å². The Hall–Kier alpha value is -0.660. The number of hydrogen-bond acceptors (Lipinski definition) is 4. The lowest BCUT2D eigenvalue weighted by Gasteiger charge is -2.22. The summed E-state index contributed by atoms with van der Waals surface area (Å²) in [5.74, 6) is -0.193. The quantitative estimate of drug-likeness (QED) is 0.683. The van der Waals surface area contributed by atoms with E-state index in [0.29, 0.717) is 12.8 Å². The van der Waals surface area contributed by atoms with Crippen LogP contribution in [0.25, 0.3) is 0 Å². The van der Waals surface area contributed by atoms with Crippen LogP contribution >= 0.6 is 0 Å². The van der Waals surface area contributed by atoms with E-state index in [1.54, 1.807) is 0 Å². The number of sulfonamides is 1. The lowest BCUT2D eigenvalue weighted by atomic mass is 10.2. The van der Waals surface area contributed by atoms with E-state index in [1.165, 1.54) is 11.4 Å². The van der Waals surface area contributed by atoms with Gasteiger partial charge in [-0.15, -0.1) is 0 Å². The number of nitrogens with two attached hydrogens (primary N) is 1. The molecule has 0 spiro atoms. The number of nitrogens with zero attached hydrogens (tertiary/aromatic N) is 1. The monoisotopic (exact) mass is 263 g/mol. The molecule has 100 valence electrons. The van der Waals surface area contributed by atoms with Crippen LogP contribution in [0, 0.1) is 0 Å². The Kier molecular flexibility index (Phi) is 4.91. The highest BCUT2D eigenvalue weighted by atomic mass is 32.2. The Bertz CT molecular complexity index is 369. The molecule has 0 aliphatic carbocycles.